The molecule has 0 bridgehead atoms. The van der Waals surface area contributed by atoms with Crippen LogP contribution in [0.25, 0.3) is 0 Å². The van der Waals surface area contributed by atoms with Crippen LogP contribution in [0.3, 0.4) is 0 Å². The zero-order chi connectivity index (χ0) is 29.8. The van der Waals surface area contributed by atoms with Crippen molar-refractivity contribution in [1.82, 2.24) is 26.6 Å². The number of aliphatic hydroxyl groups is 3. The normalized spacial score (nSPS) is 16.0. The molecule has 0 saturated carbocycles. The first kappa shape index (κ1) is 35.4. The van der Waals surface area contributed by atoms with Gasteiger partial charge in [0.2, 0.25) is 35.4 Å². The molecule has 0 unspecified atom stereocenters. The molecule has 6 amide bonds. The highest BCUT2D eigenvalue weighted by atomic mass is 32.1. The van der Waals surface area contributed by atoms with Crippen LogP contribution in [0.5, 0.6) is 0 Å². The smallest absolute Gasteiger partial charge is 0.245 e. The maximum Gasteiger partial charge on any atom is 0.245 e. The summed E-state index contributed by atoms with van der Waals surface area (Å²) in [5.74, 6) is -5.76. The monoisotopic (exact) mass is 583 g/mol. The fourth-order valence-corrected chi connectivity index (χ4v) is 2.97. The van der Waals surface area contributed by atoms with Gasteiger partial charge in [-0.15, -0.1) is 0 Å². The number of carbonyl (C=O) groups is 6. The zero-order valence-electron chi connectivity index (χ0n) is 21.1. The number of carbonyl (C=O) groups excluding carboxylic acids is 6. The molecule has 6 atom stereocenters. The highest BCUT2D eigenvalue weighted by Crippen LogP contribution is 2.15. The van der Waals surface area contributed by atoms with Crippen molar-refractivity contribution < 1.29 is 44.1 Å². The molecular formula is C20H37N7O9S2. The molecule has 0 heterocycles. The van der Waals surface area contributed by atoms with Crippen molar-refractivity contribution in [2.24, 2.45) is 11.5 Å². The average molecular weight is 584 g/mol. The van der Waals surface area contributed by atoms with Gasteiger partial charge in [0.25, 0.3) is 0 Å². The summed E-state index contributed by atoms with van der Waals surface area (Å²) in [6.07, 6.45) is 0. The van der Waals surface area contributed by atoms with Gasteiger partial charge in [0, 0.05) is 10.5 Å². The molecule has 218 valence electrons. The van der Waals surface area contributed by atoms with Crippen molar-refractivity contribution in [3.05, 3.63) is 0 Å². The molecule has 38 heavy (non-hydrogen) atoms. The number of amides is 6. The molecule has 0 aliphatic heterocycles. The van der Waals surface area contributed by atoms with Crippen LogP contribution in [0.2, 0.25) is 0 Å². The maximum absolute atomic E-state index is 12.5. The van der Waals surface area contributed by atoms with E-state index in [1.54, 1.807) is 13.8 Å². The topological polar surface area (TPSA) is 275 Å². The van der Waals surface area contributed by atoms with Gasteiger partial charge in [0.1, 0.15) is 30.2 Å². The molecule has 16 nitrogen and oxygen atoms in total. The van der Waals surface area contributed by atoms with Crippen LogP contribution in [0.4, 0.5) is 0 Å². The van der Waals surface area contributed by atoms with Crippen molar-refractivity contribution in [3.63, 3.8) is 0 Å². The minimum atomic E-state index is -1.58. The second-order valence-electron chi connectivity index (χ2n) is 8.74. The van der Waals surface area contributed by atoms with E-state index in [1.165, 1.54) is 6.92 Å². The van der Waals surface area contributed by atoms with Crippen LogP contribution in [-0.2, 0) is 28.8 Å². The summed E-state index contributed by atoms with van der Waals surface area (Å²) in [5, 5.41) is 39.2. The molecular weight excluding hydrogens is 546 g/mol. The number of aliphatic hydroxyl groups excluding tert-OH is 3. The highest BCUT2D eigenvalue weighted by Gasteiger charge is 2.33. The largest absolute Gasteiger partial charge is 0.394 e. The SMILES string of the molecule is C[C@H](NC(=O)[C@H](CO)NC(=O)[C@H](CO)NC(=O)[C@H](N)C(C)(C)S)C(=O)N[C@@H](CS)C(=O)N[C@@H](CO)C(N)=O. The molecule has 0 aliphatic rings. The number of primary amides is 1. The van der Waals surface area contributed by atoms with Crippen molar-refractivity contribution in [2.75, 3.05) is 25.6 Å². The standard InChI is InChI=1S/C20H37N7O9S2/c1-8(15(32)27-12(7-37)18(35)24-9(4-28)14(22)31)23-16(33)10(5-29)25-17(34)11(6-30)26-19(36)13(21)20(2,3)38/h8-13,28-30,37-38H,4-7,21H2,1-3H3,(H2,22,31)(H,23,33)(H,24,35)(H,25,34)(H,26,36)(H,27,32)/t8-,9-,10-,11-,12-,13-/m0/s1. The first-order valence-electron chi connectivity index (χ1n) is 11.3. The van der Waals surface area contributed by atoms with E-state index in [4.69, 9.17) is 16.6 Å². The summed E-state index contributed by atoms with van der Waals surface area (Å²) in [4.78, 5) is 73.1. The van der Waals surface area contributed by atoms with Gasteiger partial charge in [-0.2, -0.15) is 25.3 Å². The zero-order valence-corrected chi connectivity index (χ0v) is 22.9. The molecule has 0 aliphatic carbocycles. The fourth-order valence-electron chi connectivity index (χ4n) is 2.59. The van der Waals surface area contributed by atoms with E-state index >= 15 is 0 Å². The van der Waals surface area contributed by atoms with Crippen LogP contribution < -0.4 is 38.1 Å². The van der Waals surface area contributed by atoms with Crippen LogP contribution >= 0.6 is 25.3 Å². The first-order valence-corrected chi connectivity index (χ1v) is 12.3. The fraction of sp³-hybridized carbons (Fsp3) is 0.700. The number of hydrogen-bond donors (Lipinski definition) is 12. The molecule has 0 aromatic heterocycles. The van der Waals surface area contributed by atoms with Crippen LogP contribution in [0.15, 0.2) is 0 Å². The third-order valence-corrected chi connectivity index (χ3v) is 5.73. The Morgan fingerprint density at radius 3 is 1.47 bits per heavy atom. The van der Waals surface area contributed by atoms with Gasteiger partial charge in [-0.1, -0.05) is 0 Å². The van der Waals surface area contributed by atoms with Gasteiger partial charge in [0.15, 0.2) is 0 Å². The Morgan fingerprint density at radius 1 is 0.711 bits per heavy atom. The van der Waals surface area contributed by atoms with E-state index in [2.05, 4.69) is 51.8 Å². The number of rotatable bonds is 16. The maximum atomic E-state index is 12.5. The Morgan fingerprint density at radius 2 is 1.08 bits per heavy atom. The average Bonchev–Trinajstić information content (AvgIpc) is 2.85. The Hall–Kier alpha value is -2.64. The minimum Gasteiger partial charge on any atom is -0.394 e. The van der Waals surface area contributed by atoms with Crippen molar-refractivity contribution in [1.29, 1.82) is 0 Å². The summed E-state index contributed by atoms with van der Waals surface area (Å²) < 4.78 is -0.945. The number of nitrogens with two attached hydrogens (primary N) is 2. The van der Waals surface area contributed by atoms with Gasteiger partial charge in [0.05, 0.1) is 25.9 Å². The predicted molar refractivity (Wildman–Crippen MR) is 141 cm³/mol. The van der Waals surface area contributed by atoms with Crippen molar-refractivity contribution in [2.45, 2.75) is 61.8 Å². The van der Waals surface area contributed by atoms with E-state index in [-0.39, 0.29) is 5.75 Å². The lowest BCUT2D eigenvalue weighted by Crippen LogP contribution is -2.61. The second-order valence-corrected chi connectivity index (χ2v) is 10.3. The van der Waals surface area contributed by atoms with E-state index in [9.17, 15) is 39.0 Å². The minimum absolute atomic E-state index is 0.215. The lowest BCUT2D eigenvalue weighted by molar-refractivity contribution is -0.135. The molecule has 12 N–H and O–H groups in total. The summed E-state index contributed by atoms with van der Waals surface area (Å²) in [7, 11) is 0. The predicted octanol–water partition coefficient (Wildman–Crippen LogP) is -6.14. The lowest BCUT2D eigenvalue weighted by Gasteiger charge is -2.27. The Labute approximate surface area is 230 Å². The second kappa shape index (κ2) is 16.4. The molecule has 0 aromatic carbocycles. The Balaban J connectivity index is 5.14. The third kappa shape index (κ3) is 11.4. The molecule has 0 radical (unpaired) electrons. The summed E-state index contributed by atoms with van der Waals surface area (Å²) in [5.41, 5.74) is 10.8. The van der Waals surface area contributed by atoms with Crippen LogP contribution in [0, 0.1) is 0 Å². The van der Waals surface area contributed by atoms with E-state index < -0.39 is 96.3 Å². The quantitative estimate of drug-likeness (QED) is 0.0764. The first-order chi connectivity index (χ1) is 17.5. The van der Waals surface area contributed by atoms with Crippen LogP contribution in [-0.4, -0.2) is 117 Å². The number of nitrogens with one attached hydrogen (secondary N) is 5. The van der Waals surface area contributed by atoms with Crippen molar-refractivity contribution >= 4 is 60.7 Å². The van der Waals surface area contributed by atoms with E-state index in [0.29, 0.717) is 0 Å². The summed E-state index contributed by atoms with van der Waals surface area (Å²) in [6, 6.07) is -8.17. The molecule has 0 aromatic rings. The molecule has 0 spiro atoms. The Bertz CT molecular complexity index is 872. The lowest BCUT2D eigenvalue weighted by atomic mass is 10.0. The van der Waals surface area contributed by atoms with E-state index in [1.807, 2.05) is 0 Å². The summed E-state index contributed by atoms with van der Waals surface area (Å²) in [6.45, 7) is 1.85. The van der Waals surface area contributed by atoms with Gasteiger partial charge in [-0.3, -0.25) is 28.8 Å². The van der Waals surface area contributed by atoms with Gasteiger partial charge in [-0.05, 0) is 20.8 Å². The number of hydrogen-bond acceptors (Lipinski definition) is 12. The van der Waals surface area contributed by atoms with Crippen molar-refractivity contribution in [3.8, 4) is 0 Å². The molecule has 0 rings (SSSR count). The van der Waals surface area contributed by atoms with Gasteiger partial charge >= 0.3 is 0 Å². The van der Waals surface area contributed by atoms with Gasteiger partial charge < -0.3 is 53.4 Å². The van der Waals surface area contributed by atoms with Gasteiger partial charge in [-0.25, -0.2) is 0 Å². The number of thiol groups is 2. The molecule has 0 saturated heterocycles. The third-order valence-electron chi connectivity index (χ3n) is 5.08. The van der Waals surface area contributed by atoms with Crippen LogP contribution in [0.1, 0.15) is 20.8 Å². The molecule has 18 heteroatoms. The highest BCUT2D eigenvalue weighted by molar-refractivity contribution is 7.81. The van der Waals surface area contributed by atoms with E-state index in [0.717, 1.165) is 0 Å². The Kier molecular flexibility index (Phi) is 15.2. The summed E-state index contributed by atoms with van der Waals surface area (Å²) >= 11 is 8.13. The molecule has 0 fully saturated rings.